The summed E-state index contributed by atoms with van der Waals surface area (Å²) < 4.78 is 7.74. The maximum Gasteiger partial charge on any atom is 0.338 e. The summed E-state index contributed by atoms with van der Waals surface area (Å²) in [4.78, 5) is 32.7. The third kappa shape index (κ3) is 4.66. The van der Waals surface area contributed by atoms with E-state index in [1.54, 1.807) is 11.5 Å². The van der Waals surface area contributed by atoms with Gasteiger partial charge in [-0.1, -0.05) is 62.4 Å². The molecule has 0 N–H and O–H groups in total. The first-order chi connectivity index (χ1) is 15.6. The first-order valence-electron chi connectivity index (χ1n) is 10.9. The van der Waals surface area contributed by atoms with E-state index >= 15 is 0 Å². The Kier molecular flexibility index (Phi) is 6.29. The molecule has 172 valence electrons. The van der Waals surface area contributed by atoms with E-state index < -0.39 is 12.0 Å². The van der Waals surface area contributed by atoms with Crippen LogP contribution in [0.2, 0.25) is 0 Å². The zero-order chi connectivity index (χ0) is 23.9. The average molecular weight is 481 g/mol. The molecular formula is C26H28N2O3S2. The van der Waals surface area contributed by atoms with Crippen LogP contribution in [0.5, 0.6) is 0 Å². The molecule has 0 radical (unpaired) electrons. The highest BCUT2D eigenvalue weighted by Gasteiger charge is 2.34. The Balaban J connectivity index is 1.85. The van der Waals surface area contributed by atoms with Crippen LogP contribution in [0, 0.1) is 0 Å². The summed E-state index contributed by atoms with van der Waals surface area (Å²) in [6, 6.07) is 11.6. The molecule has 1 atom stereocenters. The number of fused-ring (bicyclic) bond motifs is 1. The van der Waals surface area contributed by atoms with E-state index in [9.17, 15) is 9.59 Å². The highest BCUT2D eigenvalue weighted by Crippen LogP contribution is 2.33. The Labute approximate surface area is 201 Å². The molecule has 3 aromatic rings. The van der Waals surface area contributed by atoms with Crippen molar-refractivity contribution in [2.75, 3.05) is 0 Å². The van der Waals surface area contributed by atoms with Crippen LogP contribution in [-0.2, 0) is 14.9 Å². The molecule has 1 aliphatic rings. The van der Waals surface area contributed by atoms with Crippen LogP contribution < -0.4 is 14.9 Å². The van der Waals surface area contributed by atoms with Gasteiger partial charge in [0.1, 0.15) is 6.04 Å². The summed E-state index contributed by atoms with van der Waals surface area (Å²) in [5, 5.41) is 1.95. The third-order valence-corrected chi connectivity index (χ3v) is 7.38. The number of aromatic nitrogens is 1. The van der Waals surface area contributed by atoms with Gasteiger partial charge in [-0.15, -0.1) is 11.3 Å². The number of hydrogen-bond acceptors (Lipinski definition) is 6. The van der Waals surface area contributed by atoms with Crippen molar-refractivity contribution in [3.8, 4) is 0 Å². The lowest BCUT2D eigenvalue weighted by molar-refractivity contribution is -0.143. The first-order valence-corrected chi connectivity index (χ1v) is 12.6. The van der Waals surface area contributed by atoms with Crippen LogP contribution >= 0.6 is 22.7 Å². The lowest BCUT2D eigenvalue weighted by atomic mass is 9.87. The Morgan fingerprint density at radius 1 is 1.18 bits per heavy atom. The SMILES string of the molecule is CC1=C(C(=O)OC(C)C)C(c2cccs2)n2c(s/c(=C/c3ccc(C(C)(C)C)cc3)c2=O)=N1. The van der Waals surface area contributed by atoms with Crippen molar-refractivity contribution < 1.29 is 9.53 Å². The number of nitrogens with zero attached hydrogens (tertiary/aromatic N) is 2. The number of allylic oxidation sites excluding steroid dienone is 1. The van der Waals surface area contributed by atoms with Gasteiger partial charge in [0.2, 0.25) is 0 Å². The van der Waals surface area contributed by atoms with Crippen LogP contribution in [0.1, 0.15) is 63.6 Å². The van der Waals surface area contributed by atoms with Crippen LogP contribution in [0.25, 0.3) is 6.08 Å². The second-order valence-corrected chi connectivity index (χ2v) is 11.4. The van der Waals surface area contributed by atoms with Crippen molar-refractivity contribution in [3.63, 3.8) is 0 Å². The minimum absolute atomic E-state index is 0.0666. The van der Waals surface area contributed by atoms with Crippen LogP contribution in [0.3, 0.4) is 0 Å². The fraction of sp³-hybridized carbons (Fsp3) is 0.346. The molecule has 0 bridgehead atoms. The summed E-state index contributed by atoms with van der Waals surface area (Å²) in [6.45, 7) is 12.0. The number of thiophene rings is 1. The zero-order valence-electron chi connectivity index (χ0n) is 19.7. The van der Waals surface area contributed by atoms with E-state index in [2.05, 4.69) is 37.9 Å². The Bertz CT molecular complexity index is 1380. The molecule has 3 heterocycles. The molecule has 1 aromatic carbocycles. The van der Waals surface area contributed by atoms with Gasteiger partial charge in [0, 0.05) is 4.88 Å². The van der Waals surface area contributed by atoms with Gasteiger partial charge < -0.3 is 4.74 Å². The molecule has 5 nitrogen and oxygen atoms in total. The fourth-order valence-electron chi connectivity index (χ4n) is 3.81. The average Bonchev–Trinajstić information content (AvgIpc) is 3.35. The van der Waals surface area contributed by atoms with E-state index in [-0.39, 0.29) is 17.1 Å². The summed E-state index contributed by atoms with van der Waals surface area (Å²) >= 11 is 2.86. The molecule has 0 amide bonds. The van der Waals surface area contributed by atoms with E-state index in [4.69, 9.17) is 4.74 Å². The van der Waals surface area contributed by atoms with Gasteiger partial charge in [-0.3, -0.25) is 9.36 Å². The normalized spacial score (nSPS) is 16.7. The molecule has 0 saturated heterocycles. The van der Waals surface area contributed by atoms with Crippen molar-refractivity contribution in [1.29, 1.82) is 0 Å². The molecule has 4 rings (SSSR count). The van der Waals surface area contributed by atoms with Crippen molar-refractivity contribution in [2.24, 2.45) is 4.99 Å². The van der Waals surface area contributed by atoms with Crippen molar-refractivity contribution >= 4 is 34.7 Å². The largest absolute Gasteiger partial charge is 0.459 e. The quantitative estimate of drug-likeness (QED) is 0.515. The summed E-state index contributed by atoms with van der Waals surface area (Å²) in [5.41, 5.74) is 3.11. The Morgan fingerprint density at radius 2 is 1.88 bits per heavy atom. The van der Waals surface area contributed by atoms with Gasteiger partial charge in [-0.2, -0.15) is 0 Å². The van der Waals surface area contributed by atoms with Gasteiger partial charge in [-0.05, 0) is 54.8 Å². The van der Waals surface area contributed by atoms with E-state index in [1.165, 1.54) is 28.2 Å². The first kappa shape index (κ1) is 23.4. The molecule has 0 fully saturated rings. The Morgan fingerprint density at radius 3 is 2.45 bits per heavy atom. The zero-order valence-corrected chi connectivity index (χ0v) is 21.3. The second-order valence-electron chi connectivity index (χ2n) is 9.42. The van der Waals surface area contributed by atoms with E-state index in [0.29, 0.717) is 20.6 Å². The number of esters is 1. The lowest BCUT2D eigenvalue weighted by Crippen LogP contribution is -2.39. The molecule has 1 unspecified atom stereocenters. The van der Waals surface area contributed by atoms with Gasteiger partial charge in [0.15, 0.2) is 4.80 Å². The smallest absolute Gasteiger partial charge is 0.338 e. The van der Waals surface area contributed by atoms with Crippen molar-refractivity contribution in [2.45, 2.75) is 59.1 Å². The summed E-state index contributed by atoms with van der Waals surface area (Å²) in [6.07, 6.45) is 1.63. The topological polar surface area (TPSA) is 60.7 Å². The minimum atomic E-state index is -0.544. The van der Waals surface area contributed by atoms with E-state index in [1.807, 2.05) is 49.6 Å². The molecule has 0 aliphatic carbocycles. The molecule has 0 saturated carbocycles. The number of hydrogen-bond donors (Lipinski definition) is 0. The standard InChI is InChI=1S/C26H28N2O3S2/c1-15(2)31-24(30)21-16(3)27-25-28(22(21)19-8-7-13-32-19)23(29)20(33-25)14-17-9-11-18(12-10-17)26(4,5)6/h7-15,22H,1-6H3/b20-14+. The minimum Gasteiger partial charge on any atom is -0.459 e. The van der Waals surface area contributed by atoms with Crippen molar-refractivity contribution in [3.05, 3.63) is 88.7 Å². The third-order valence-electron chi connectivity index (χ3n) is 5.47. The number of rotatable bonds is 4. The number of benzene rings is 1. The van der Waals surface area contributed by atoms with Crippen LogP contribution in [0.15, 0.2) is 62.8 Å². The highest BCUT2D eigenvalue weighted by atomic mass is 32.1. The molecule has 1 aliphatic heterocycles. The second kappa shape index (κ2) is 8.88. The molecular weight excluding hydrogens is 452 g/mol. The maximum atomic E-state index is 13.6. The number of thiazole rings is 1. The lowest BCUT2D eigenvalue weighted by Gasteiger charge is -2.24. The van der Waals surface area contributed by atoms with Gasteiger partial charge >= 0.3 is 5.97 Å². The highest BCUT2D eigenvalue weighted by molar-refractivity contribution is 7.10. The van der Waals surface area contributed by atoms with Gasteiger partial charge in [0.25, 0.3) is 5.56 Å². The number of carbonyl (C=O) groups excluding carboxylic acids is 1. The van der Waals surface area contributed by atoms with E-state index in [0.717, 1.165) is 10.4 Å². The van der Waals surface area contributed by atoms with Crippen LogP contribution in [0.4, 0.5) is 0 Å². The summed E-state index contributed by atoms with van der Waals surface area (Å²) in [7, 11) is 0. The predicted octanol–water partition coefficient (Wildman–Crippen LogP) is 4.55. The fourth-order valence-corrected chi connectivity index (χ4v) is 5.68. The van der Waals surface area contributed by atoms with Gasteiger partial charge in [-0.25, -0.2) is 9.79 Å². The van der Waals surface area contributed by atoms with Gasteiger partial charge in [0.05, 0.1) is 21.9 Å². The number of ether oxygens (including phenoxy) is 1. The van der Waals surface area contributed by atoms with Crippen LogP contribution in [-0.4, -0.2) is 16.6 Å². The molecule has 0 spiro atoms. The van der Waals surface area contributed by atoms with Crippen molar-refractivity contribution in [1.82, 2.24) is 4.57 Å². The monoisotopic (exact) mass is 480 g/mol. The molecule has 7 heteroatoms. The Hall–Kier alpha value is -2.77. The summed E-state index contributed by atoms with van der Waals surface area (Å²) in [5.74, 6) is -0.434. The number of carbonyl (C=O) groups is 1. The molecule has 2 aromatic heterocycles. The predicted molar refractivity (Wildman–Crippen MR) is 134 cm³/mol. The molecule has 33 heavy (non-hydrogen) atoms. The maximum absolute atomic E-state index is 13.6.